The van der Waals surface area contributed by atoms with Crippen LogP contribution in [0.25, 0.3) is 0 Å². The number of anilines is 1. The van der Waals surface area contributed by atoms with Crippen LogP contribution in [0.15, 0.2) is 29.5 Å². The number of carbonyl (C=O) groups is 3. The fraction of sp³-hybridized carbons (Fsp3) is 0.476. The van der Waals surface area contributed by atoms with Crippen molar-refractivity contribution in [3.05, 3.63) is 40.7 Å². The normalized spacial score (nSPS) is 34.7. The second kappa shape index (κ2) is 4.84. The van der Waals surface area contributed by atoms with Crippen LogP contribution in [-0.2, 0) is 26.4 Å². The van der Waals surface area contributed by atoms with Crippen molar-refractivity contribution in [3.63, 3.8) is 0 Å². The number of carbonyl (C=O) groups excluding carboxylic acids is 3. The van der Waals surface area contributed by atoms with Crippen molar-refractivity contribution < 1.29 is 24.6 Å². The number of Topliss-reactive ketones (excluding diaryl/α,β-unsaturated/α-hetero) is 1. The van der Waals surface area contributed by atoms with Gasteiger partial charge in [0.2, 0.25) is 0 Å². The predicted octanol–water partition coefficient (Wildman–Crippen LogP) is 1.04. The molecule has 2 amide bonds. The summed E-state index contributed by atoms with van der Waals surface area (Å²) in [5.74, 6) is -2.80. The summed E-state index contributed by atoms with van der Waals surface area (Å²) < 4.78 is 0. The largest absolute Gasteiger partial charge is 0.509 e. The molecular formula is C21H22N2O5. The fourth-order valence-electron chi connectivity index (χ4n) is 6.14. The van der Waals surface area contributed by atoms with E-state index in [2.05, 4.69) is 0 Å². The van der Waals surface area contributed by atoms with Crippen molar-refractivity contribution in [1.29, 1.82) is 0 Å². The molecule has 4 atom stereocenters. The highest BCUT2D eigenvalue weighted by atomic mass is 16.3. The molecule has 0 aromatic heterocycles. The van der Waals surface area contributed by atoms with Gasteiger partial charge in [-0.05, 0) is 44.7 Å². The maximum absolute atomic E-state index is 13.3. The molecule has 3 heterocycles. The van der Waals surface area contributed by atoms with Gasteiger partial charge in [0.1, 0.15) is 11.3 Å². The third-order valence-corrected chi connectivity index (χ3v) is 7.33. The number of hydrogen-bond donors (Lipinski definition) is 2. The zero-order chi connectivity index (χ0) is 20.3. The van der Waals surface area contributed by atoms with Crippen LogP contribution in [0.3, 0.4) is 0 Å². The molecule has 0 radical (unpaired) electrons. The zero-order valence-electron chi connectivity index (χ0n) is 16.2. The van der Waals surface area contributed by atoms with Gasteiger partial charge in [-0.2, -0.15) is 0 Å². The molecule has 7 nitrogen and oxygen atoms in total. The quantitative estimate of drug-likeness (QED) is 0.708. The summed E-state index contributed by atoms with van der Waals surface area (Å²) in [5, 5.41) is 22.7. The van der Waals surface area contributed by atoms with Gasteiger partial charge in [-0.3, -0.25) is 14.4 Å². The van der Waals surface area contributed by atoms with Gasteiger partial charge in [-0.25, -0.2) is 0 Å². The molecule has 1 aromatic carbocycles. The van der Waals surface area contributed by atoms with Gasteiger partial charge in [0.25, 0.3) is 11.8 Å². The van der Waals surface area contributed by atoms with E-state index in [-0.39, 0.29) is 17.3 Å². The van der Waals surface area contributed by atoms with Crippen LogP contribution in [0, 0.1) is 11.8 Å². The Morgan fingerprint density at radius 3 is 2.57 bits per heavy atom. The Labute approximate surface area is 162 Å². The highest BCUT2D eigenvalue weighted by Crippen LogP contribution is 2.62. The van der Waals surface area contributed by atoms with E-state index in [1.807, 2.05) is 26.0 Å². The molecule has 4 unspecified atom stereocenters. The molecule has 1 fully saturated rings. The molecule has 4 aliphatic rings. The summed E-state index contributed by atoms with van der Waals surface area (Å²) >= 11 is 0. The SMILES string of the molecule is CC(=O)C1=C(O)C2C3C(Cc4cccc5c4C3(O)C(=O)N5C)C(C)(C)N2C1=O. The molecule has 1 aromatic rings. The minimum absolute atomic E-state index is 0.238. The summed E-state index contributed by atoms with van der Waals surface area (Å²) in [5.41, 5.74) is -0.727. The smallest absolute Gasteiger partial charge is 0.263 e. The molecule has 0 bridgehead atoms. The first kappa shape index (κ1) is 17.4. The number of ketones is 1. The average Bonchev–Trinajstić information content (AvgIpc) is 3.11. The Morgan fingerprint density at radius 2 is 1.93 bits per heavy atom. The van der Waals surface area contributed by atoms with Gasteiger partial charge in [0.05, 0.1) is 11.7 Å². The van der Waals surface area contributed by atoms with E-state index >= 15 is 0 Å². The third-order valence-electron chi connectivity index (χ3n) is 7.33. The second-order valence-corrected chi connectivity index (χ2v) is 8.87. The first-order valence-corrected chi connectivity index (χ1v) is 9.45. The third kappa shape index (κ3) is 1.60. The summed E-state index contributed by atoms with van der Waals surface area (Å²) in [6.45, 7) is 4.99. The maximum atomic E-state index is 13.3. The van der Waals surface area contributed by atoms with Gasteiger partial charge in [0.15, 0.2) is 11.4 Å². The zero-order valence-corrected chi connectivity index (χ0v) is 16.2. The first-order chi connectivity index (χ1) is 13.0. The molecule has 1 saturated heterocycles. The van der Waals surface area contributed by atoms with Crippen LogP contribution in [-0.4, -0.2) is 51.3 Å². The van der Waals surface area contributed by atoms with Crippen LogP contribution >= 0.6 is 0 Å². The topological polar surface area (TPSA) is 98.1 Å². The number of likely N-dealkylation sites (N-methyl/N-ethyl adjacent to an activating group) is 1. The van der Waals surface area contributed by atoms with Crippen molar-refractivity contribution >= 4 is 23.3 Å². The van der Waals surface area contributed by atoms with Crippen molar-refractivity contribution in [2.45, 2.75) is 44.4 Å². The standard InChI is InChI=1S/C21H22N2O5/c1-9(24)13-17(25)16-15-11(20(2,3)23(16)18(13)26)8-10-6-5-7-12-14(10)21(15,28)19(27)22(12)4/h5-7,11,15-16,25,28H,8H2,1-4H3. The van der Waals surface area contributed by atoms with Crippen molar-refractivity contribution in [1.82, 2.24) is 4.90 Å². The molecule has 146 valence electrons. The average molecular weight is 382 g/mol. The number of benzene rings is 1. The summed E-state index contributed by atoms with van der Waals surface area (Å²) in [6, 6.07) is 4.67. The van der Waals surface area contributed by atoms with Crippen molar-refractivity contribution in [3.8, 4) is 0 Å². The van der Waals surface area contributed by atoms with Crippen LogP contribution in [0.4, 0.5) is 5.69 Å². The maximum Gasteiger partial charge on any atom is 0.263 e. The highest BCUT2D eigenvalue weighted by molar-refractivity contribution is 6.21. The lowest BCUT2D eigenvalue weighted by atomic mass is 9.62. The van der Waals surface area contributed by atoms with Gasteiger partial charge < -0.3 is 20.0 Å². The number of amides is 2. The Bertz CT molecular complexity index is 1030. The molecule has 28 heavy (non-hydrogen) atoms. The number of fused-ring (bicyclic) bond motifs is 4. The van der Waals surface area contributed by atoms with Gasteiger partial charge in [-0.1, -0.05) is 12.1 Å². The summed E-state index contributed by atoms with van der Waals surface area (Å²) in [7, 11) is 1.62. The minimum atomic E-state index is -1.85. The molecule has 7 heteroatoms. The van der Waals surface area contributed by atoms with Gasteiger partial charge in [0, 0.05) is 24.1 Å². The van der Waals surface area contributed by atoms with Gasteiger partial charge in [-0.15, -0.1) is 0 Å². The Kier molecular flexibility index (Phi) is 3.01. The van der Waals surface area contributed by atoms with E-state index in [0.717, 1.165) is 5.56 Å². The van der Waals surface area contributed by atoms with Crippen LogP contribution in [0.5, 0.6) is 0 Å². The van der Waals surface area contributed by atoms with E-state index in [1.165, 1.54) is 16.7 Å². The molecule has 5 rings (SSSR count). The fourth-order valence-corrected chi connectivity index (χ4v) is 6.14. The summed E-state index contributed by atoms with van der Waals surface area (Å²) in [6.07, 6.45) is 0.577. The van der Waals surface area contributed by atoms with E-state index in [1.54, 1.807) is 13.1 Å². The van der Waals surface area contributed by atoms with E-state index in [0.29, 0.717) is 17.7 Å². The lowest BCUT2D eigenvalue weighted by Gasteiger charge is -2.42. The molecule has 1 aliphatic carbocycles. The first-order valence-electron chi connectivity index (χ1n) is 9.45. The van der Waals surface area contributed by atoms with Crippen LogP contribution < -0.4 is 4.90 Å². The Balaban J connectivity index is 1.80. The van der Waals surface area contributed by atoms with Crippen molar-refractivity contribution in [2.75, 3.05) is 11.9 Å². The lowest BCUT2D eigenvalue weighted by molar-refractivity contribution is -0.147. The minimum Gasteiger partial charge on any atom is -0.509 e. The molecular weight excluding hydrogens is 360 g/mol. The van der Waals surface area contributed by atoms with E-state index in [9.17, 15) is 24.6 Å². The molecule has 3 aliphatic heterocycles. The highest BCUT2D eigenvalue weighted by Gasteiger charge is 2.72. The Morgan fingerprint density at radius 1 is 1.25 bits per heavy atom. The summed E-state index contributed by atoms with van der Waals surface area (Å²) in [4.78, 5) is 41.3. The van der Waals surface area contributed by atoms with E-state index < -0.39 is 40.7 Å². The number of aliphatic hydroxyl groups excluding tert-OH is 1. The number of nitrogens with zero attached hydrogens (tertiary/aromatic N) is 2. The van der Waals surface area contributed by atoms with E-state index in [4.69, 9.17) is 0 Å². The van der Waals surface area contributed by atoms with Crippen LogP contribution in [0.2, 0.25) is 0 Å². The molecule has 0 saturated carbocycles. The monoisotopic (exact) mass is 382 g/mol. The van der Waals surface area contributed by atoms with Crippen molar-refractivity contribution in [2.24, 2.45) is 11.8 Å². The number of rotatable bonds is 1. The number of hydrogen-bond acceptors (Lipinski definition) is 5. The molecule has 0 spiro atoms. The second-order valence-electron chi connectivity index (χ2n) is 8.87. The number of aliphatic hydroxyl groups is 2. The lowest BCUT2D eigenvalue weighted by Crippen LogP contribution is -2.53. The van der Waals surface area contributed by atoms with Gasteiger partial charge >= 0.3 is 0 Å². The Hall–Kier alpha value is -2.67. The predicted molar refractivity (Wildman–Crippen MR) is 99.5 cm³/mol. The molecule has 2 N–H and O–H groups in total. The van der Waals surface area contributed by atoms with Crippen LogP contribution in [0.1, 0.15) is 31.9 Å².